The minimum absolute atomic E-state index is 0.533. The van der Waals surface area contributed by atoms with Gasteiger partial charge in [0.2, 0.25) is 0 Å². The van der Waals surface area contributed by atoms with E-state index in [2.05, 4.69) is 41.7 Å². The fraction of sp³-hybridized carbons (Fsp3) is 0.960. The van der Waals surface area contributed by atoms with Crippen LogP contribution in [0.3, 0.4) is 0 Å². The number of hydrogen-bond donors (Lipinski definition) is 0. The van der Waals surface area contributed by atoms with Crippen LogP contribution in [0.25, 0.3) is 0 Å². The van der Waals surface area contributed by atoms with Crippen LogP contribution in [-0.4, -0.2) is 42.6 Å². The molecule has 2 aliphatic carbocycles. The van der Waals surface area contributed by atoms with Gasteiger partial charge in [-0.15, -0.1) is 0 Å². The van der Waals surface area contributed by atoms with E-state index in [9.17, 15) is 0 Å². The van der Waals surface area contributed by atoms with E-state index >= 15 is 0 Å². The highest BCUT2D eigenvalue weighted by Gasteiger charge is 2.12. The molecule has 0 spiro atoms. The van der Waals surface area contributed by atoms with E-state index in [4.69, 9.17) is 0 Å². The molecule has 0 amide bonds. The molecule has 0 bridgehead atoms. The van der Waals surface area contributed by atoms with Crippen molar-refractivity contribution < 1.29 is 0 Å². The van der Waals surface area contributed by atoms with Gasteiger partial charge in [0.05, 0.1) is 18.1 Å². The van der Waals surface area contributed by atoms with Crippen molar-refractivity contribution in [2.24, 2.45) is 9.98 Å². The van der Waals surface area contributed by atoms with E-state index in [1.54, 1.807) is 0 Å². The molecule has 3 heteroatoms. The lowest BCUT2D eigenvalue weighted by atomic mass is 9.96. The van der Waals surface area contributed by atoms with Crippen LogP contribution < -0.4 is 0 Å². The summed E-state index contributed by atoms with van der Waals surface area (Å²) in [6, 6.07) is 4.04. The van der Waals surface area contributed by atoms with Crippen molar-refractivity contribution in [2.45, 2.75) is 136 Å². The second kappa shape index (κ2) is 18.4. The lowest BCUT2D eigenvalue weighted by Gasteiger charge is -2.21. The van der Waals surface area contributed by atoms with Crippen molar-refractivity contribution in [3.05, 3.63) is 0 Å². The summed E-state index contributed by atoms with van der Waals surface area (Å²) in [5, 5.41) is 0. The van der Waals surface area contributed by atoms with Crippen molar-refractivity contribution in [2.75, 3.05) is 19.6 Å². The van der Waals surface area contributed by atoms with Gasteiger partial charge in [-0.3, -0.25) is 0 Å². The monoisotopic (exact) mass is 391 g/mol. The molecule has 0 aromatic rings. The van der Waals surface area contributed by atoms with Crippen LogP contribution in [0.5, 0.6) is 0 Å². The highest BCUT2D eigenvalue weighted by molar-refractivity contribution is 5.42. The number of nitrogens with zero attached hydrogens (tertiary/aromatic N) is 3. The highest BCUT2D eigenvalue weighted by atomic mass is 15.1. The Bertz CT molecular complexity index is 348. The third-order valence-electron chi connectivity index (χ3n) is 6.11. The maximum Gasteiger partial charge on any atom is 0.0898 e. The zero-order valence-electron chi connectivity index (χ0n) is 19.4. The topological polar surface area (TPSA) is 28.0 Å². The fourth-order valence-electron chi connectivity index (χ4n) is 4.10. The summed E-state index contributed by atoms with van der Waals surface area (Å²) in [6.45, 7) is 10.8. The van der Waals surface area contributed by atoms with Crippen molar-refractivity contribution in [3.63, 3.8) is 0 Å². The number of unbranched alkanes of at least 4 members (excludes halogenated alkanes) is 3. The standard InChI is InChI=1S/C13H22N2.C12H27N/c1-3-7-12(8-4-1)14-11-15-13-9-5-2-6-10-13;1-4-7-10-13(11-8-5-2)12-9-6-3/h12-13H,1-10H2;4-12H2,1-3H3. The quantitative estimate of drug-likeness (QED) is 0.335. The molecule has 0 aromatic carbocycles. The summed E-state index contributed by atoms with van der Waals surface area (Å²) in [6.07, 6.45) is 21.3. The van der Waals surface area contributed by atoms with E-state index in [-0.39, 0.29) is 0 Å². The molecule has 0 N–H and O–H groups in total. The second-order valence-corrected chi connectivity index (χ2v) is 8.84. The molecule has 2 saturated carbocycles. The molecule has 0 atom stereocenters. The molecule has 0 saturated heterocycles. The molecular formula is C25H49N3. The van der Waals surface area contributed by atoms with E-state index in [0.717, 1.165) is 0 Å². The predicted octanol–water partition coefficient (Wildman–Crippen LogP) is 7.51. The van der Waals surface area contributed by atoms with Crippen molar-refractivity contribution >= 4 is 6.01 Å². The fourth-order valence-corrected chi connectivity index (χ4v) is 4.10. The van der Waals surface area contributed by atoms with Crippen molar-refractivity contribution in [1.29, 1.82) is 0 Å². The largest absolute Gasteiger partial charge is 0.303 e. The van der Waals surface area contributed by atoms with Crippen LogP contribution in [0, 0.1) is 0 Å². The molecule has 28 heavy (non-hydrogen) atoms. The molecule has 2 rings (SSSR count). The molecule has 0 radical (unpaired) electrons. The van der Waals surface area contributed by atoms with Gasteiger partial charge in [0.15, 0.2) is 0 Å². The van der Waals surface area contributed by atoms with Gasteiger partial charge in [0.25, 0.3) is 0 Å². The van der Waals surface area contributed by atoms with Crippen molar-refractivity contribution in [1.82, 2.24) is 4.90 Å². The van der Waals surface area contributed by atoms with Gasteiger partial charge >= 0.3 is 0 Å². The minimum Gasteiger partial charge on any atom is -0.303 e. The van der Waals surface area contributed by atoms with Crippen LogP contribution in [-0.2, 0) is 0 Å². The van der Waals surface area contributed by atoms with Crippen LogP contribution in [0.4, 0.5) is 0 Å². The Kier molecular flexibility index (Phi) is 16.7. The molecule has 0 aliphatic heterocycles. The molecule has 0 heterocycles. The minimum atomic E-state index is 0.533. The third kappa shape index (κ3) is 13.5. The van der Waals surface area contributed by atoms with Crippen molar-refractivity contribution in [3.8, 4) is 0 Å². The van der Waals surface area contributed by atoms with Gasteiger partial charge in [0.1, 0.15) is 0 Å². The number of aliphatic imine (C=N–C) groups is 2. The SMILES string of the molecule is C(=NC1CCCCC1)=NC1CCCCC1.CCCCN(CCCC)CCCC. The van der Waals surface area contributed by atoms with Crippen LogP contribution in [0.2, 0.25) is 0 Å². The molecular weight excluding hydrogens is 342 g/mol. The average molecular weight is 392 g/mol. The van der Waals surface area contributed by atoms with Gasteiger partial charge in [-0.25, -0.2) is 9.98 Å². The summed E-state index contributed by atoms with van der Waals surface area (Å²) in [7, 11) is 0. The predicted molar refractivity (Wildman–Crippen MR) is 125 cm³/mol. The van der Waals surface area contributed by atoms with Gasteiger partial charge in [-0.05, 0) is 64.6 Å². The Labute approximate surface area is 176 Å². The van der Waals surface area contributed by atoms with Gasteiger partial charge < -0.3 is 4.90 Å². The molecule has 2 aliphatic rings. The Balaban J connectivity index is 0.000000284. The van der Waals surface area contributed by atoms with Crippen LogP contribution in [0.15, 0.2) is 9.98 Å². The Hall–Kier alpha value is -0.660. The number of rotatable bonds is 11. The summed E-state index contributed by atoms with van der Waals surface area (Å²) in [5.74, 6) is 0. The highest BCUT2D eigenvalue weighted by Crippen LogP contribution is 2.21. The maximum absolute atomic E-state index is 4.46. The Morgan fingerprint density at radius 3 is 1.29 bits per heavy atom. The zero-order chi connectivity index (χ0) is 20.3. The van der Waals surface area contributed by atoms with Gasteiger partial charge in [-0.2, -0.15) is 0 Å². The Morgan fingerprint density at radius 1 is 0.607 bits per heavy atom. The first-order valence-corrected chi connectivity index (χ1v) is 12.7. The van der Waals surface area contributed by atoms with Crippen LogP contribution in [0.1, 0.15) is 124 Å². The average Bonchev–Trinajstić information content (AvgIpc) is 2.75. The van der Waals surface area contributed by atoms with E-state index < -0.39 is 0 Å². The molecule has 164 valence electrons. The Morgan fingerprint density at radius 2 is 0.964 bits per heavy atom. The van der Waals surface area contributed by atoms with Gasteiger partial charge in [-0.1, -0.05) is 78.6 Å². The van der Waals surface area contributed by atoms with Gasteiger partial charge in [0, 0.05) is 0 Å². The third-order valence-corrected chi connectivity index (χ3v) is 6.11. The second-order valence-electron chi connectivity index (χ2n) is 8.84. The first kappa shape index (κ1) is 25.4. The lowest BCUT2D eigenvalue weighted by Crippen LogP contribution is -2.27. The molecule has 0 aromatic heterocycles. The molecule has 3 nitrogen and oxygen atoms in total. The van der Waals surface area contributed by atoms with Crippen LogP contribution >= 0.6 is 0 Å². The summed E-state index contributed by atoms with van der Waals surface area (Å²) in [5.41, 5.74) is 0. The lowest BCUT2D eigenvalue weighted by molar-refractivity contribution is 0.261. The summed E-state index contributed by atoms with van der Waals surface area (Å²) in [4.78, 5) is 11.6. The summed E-state index contributed by atoms with van der Waals surface area (Å²) < 4.78 is 0. The zero-order valence-corrected chi connectivity index (χ0v) is 19.4. The smallest absolute Gasteiger partial charge is 0.0898 e. The number of hydrogen-bond acceptors (Lipinski definition) is 3. The van der Waals surface area contributed by atoms with E-state index in [1.165, 1.54) is 122 Å². The molecule has 2 fully saturated rings. The summed E-state index contributed by atoms with van der Waals surface area (Å²) >= 11 is 0. The first-order valence-electron chi connectivity index (χ1n) is 12.7. The normalized spacial score (nSPS) is 18.3. The molecule has 0 unspecified atom stereocenters. The first-order chi connectivity index (χ1) is 13.8. The van der Waals surface area contributed by atoms with E-state index in [1.807, 2.05) is 0 Å². The maximum atomic E-state index is 4.46. The van der Waals surface area contributed by atoms with E-state index in [0.29, 0.717) is 12.1 Å².